The maximum atomic E-state index is 14.0. The van der Waals surface area contributed by atoms with Crippen molar-refractivity contribution in [2.75, 3.05) is 29.9 Å². The van der Waals surface area contributed by atoms with Gasteiger partial charge in [-0.25, -0.2) is 13.8 Å². The Morgan fingerprint density at radius 2 is 2.06 bits per heavy atom. The number of nitrogens with zero attached hydrogens (tertiary/aromatic N) is 3. The second kappa shape index (κ2) is 9.58. The van der Waals surface area contributed by atoms with Crippen LogP contribution in [0.5, 0.6) is 0 Å². The van der Waals surface area contributed by atoms with Crippen LogP contribution in [0, 0.1) is 5.92 Å². The van der Waals surface area contributed by atoms with Crippen molar-refractivity contribution in [3.8, 4) is 0 Å². The summed E-state index contributed by atoms with van der Waals surface area (Å²) < 4.78 is 27.9. The normalized spacial score (nSPS) is 22.9. The second-order valence-electron chi connectivity index (χ2n) is 8.60. The smallest absolute Gasteiger partial charge is 0.248 e. The zero-order valence-electron chi connectivity index (χ0n) is 18.5. The average molecular weight is 433 g/mol. The number of pyridine rings is 1. The van der Waals surface area contributed by atoms with Gasteiger partial charge in [0.05, 0.1) is 5.69 Å². The quantitative estimate of drug-likeness (QED) is 0.590. The predicted octanol–water partition coefficient (Wildman–Crippen LogP) is 3.99. The number of hydrogen-bond acceptors (Lipinski definition) is 6. The van der Waals surface area contributed by atoms with Crippen LogP contribution in [0.15, 0.2) is 48.7 Å². The number of rotatable bonds is 6. The maximum Gasteiger partial charge on any atom is 0.248 e. The molecule has 1 aliphatic heterocycles. The van der Waals surface area contributed by atoms with E-state index in [-0.39, 0.29) is 5.92 Å². The third-order valence-corrected chi connectivity index (χ3v) is 6.23. The predicted molar refractivity (Wildman–Crippen MR) is 123 cm³/mol. The Labute approximate surface area is 183 Å². The molecule has 2 unspecified atom stereocenters. The Morgan fingerprint density at radius 1 is 1.29 bits per heavy atom. The Hall–Kier alpha value is -2.77. The van der Waals surface area contributed by atoms with Gasteiger partial charge in [-0.3, -0.25) is 0 Å². The van der Waals surface area contributed by atoms with E-state index in [0.29, 0.717) is 24.5 Å². The first-order valence-electron chi connectivity index (χ1n) is 10.9. The minimum Gasteiger partial charge on any atom is -0.405 e. The van der Waals surface area contributed by atoms with Crippen molar-refractivity contribution < 1.29 is 8.78 Å². The summed E-state index contributed by atoms with van der Waals surface area (Å²) in [6.45, 7) is 6.80. The fourth-order valence-corrected chi connectivity index (χ4v) is 4.49. The third kappa shape index (κ3) is 5.48. The number of fused-ring (bicyclic) bond motifs is 1. The molecule has 6 nitrogen and oxygen atoms in total. The molecule has 0 amide bonds. The van der Waals surface area contributed by atoms with Gasteiger partial charge in [0.25, 0.3) is 0 Å². The van der Waals surface area contributed by atoms with Crippen LogP contribution in [-0.2, 0) is 0 Å². The lowest BCUT2D eigenvalue weighted by Crippen LogP contribution is -2.34. The molecular weight excluding hydrogens is 398 g/mol. The summed E-state index contributed by atoms with van der Waals surface area (Å²) in [7, 11) is 2.04. The van der Waals surface area contributed by atoms with Gasteiger partial charge < -0.3 is 26.6 Å². The standard InChI is InChI=1S/C23H34F2N6/c1-16(28-21(27)9-5-12-26)31-14-6-13-30(3)20-11-10-19(29-22(20)31)17-7-4-8-18(15-17)23(2,24)25/h5,9-12,17-18,28H,1,4,6-8,13-15,26-27H2,2-3H3/b12-5-,21-9+. The molecule has 170 valence electrons. The van der Waals surface area contributed by atoms with Gasteiger partial charge in [-0.1, -0.05) is 13.0 Å². The van der Waals surface area contributed by atoms with E-state index in [2.05, 4.69) is 16.8 Å². The zero-order valence-corrected chi connectivity index (χ0v) is 18.5. The minimum atomic E-state index is -2.66. The molecule has 1 fully saturated rings. The number of alkyl halides is 2. The fraction of sp³-hybridized carbons (Fsp3) is 0.522. The van der Waals surface area contributed by atoms with Gasteiger partial charge in [0.2, 0.25) is 5.92 Å². The number of aromatic nitrogens is 1. The number of allylic oxidation sites excluding steroid dienone is 2. The largest absolute Gasteiger partial charge is 0.405 e. The Balaban J connectivity index is 1.90. The highest BCUT2D eigenvalue weighted by Crippen LogP contribution is 2.43. The Morgan fingerprint density at radius 3 is 2.77 bits per heavy atom. The molecule has 31 heavy (non-hydrogen) atoms. The molecule has 5 N–H and O–H groups in total. The van der Waals surface area contributed by atoms with Crippen LogP contribution < -0.4 is 26.6 Å². The highest BCUT2D eigenvalue weighted by molar-refractivity contribution is 5.70. The first-order valence-corrected chi connectivity index (χ1v) is 10.9. The molecule has 0 bridgehead atoms. The molecule has 2 atom stereocenters. The molecule has 1 aromatic rings. The van der Waals surface area contributed by atoms with Gasteiger partial charge in [-0.2, -0.15) is 0 Å². The van der Waals surface area contributed by atoms with E-state index in [1.54, 1.807) is 12.2 Å². The van der Waals surface area contributed by atoms with E-state index in [4.69, 9.17) is 16.5 Å². The van der Waals surface area contributed by atoms with Crippen LogP contribution in [-0.4, -0.2) is 31.0 Å². The topological polar surface area (TPSA) is 83.4 Å². The van der Waals surface area contributed by atoms with Crippen molar-refractivity contribution in [1.82, 2.24) is 10.3 Å². The van der Waals surface area contributed by atoms with Gasteiger partial charge in [0, 0.05) is 37.7 Å². The Bertz CT molecular complexity index is 845. The number of halogens is 2. The first kappa shape index (κ1) is 22.9. The third-order valence-electron chi connectivity index (χ3n) is 6.23. The van der Waals surface area contributed by atoms with Crippen molar-refractivity contribution >= 4 is 11.5 Å². The molecule has 2 heterocycles. The lowest BCUT2D eigenvalue weighted by atomic mass is 9.77. The van der Waals surface area contributed by atoms with Crippen molar-refractivity contribution in [2.45, 2.75) is 50.9 Å². The van der Waals surface area contributed by atoms with Crippen LogP contribution in [0.3, 0.4) is 0 Å². The fourth-order valence-electron chi connectivity index (χ4n) is 4.49. The summed E-state index contributed by atoms with van der Waals surface area (Å²) in [5.74, 6) is -1.41. The van der Waals surface area contributed by atoms with Crippen molar-refractivity contribution in [3.63, 3.8) is 0 Å². The number of nitrogens with one attached hydrogen (secondary N) is 1. The molecule has 0 spiro atoms. The molecule has 2 aliphatic rings. The number of anilines is 2. The number of nitrogens with two attached hydrogens (primary N) is 2. The Kier molecular flexibility index (Phi) is 7.08. The zero-order chi connectivity index (χ0) is 22.6. The molecule has 3 rings (SSSR count). The van der Waals surface area contributed by atoms with E-state index in [1.165, 1.54) is 6.20 Å². The van der Waals surface area contributed by atoms with E-state index >= 15 is 0 Å². The van der Waals surface area contributed by atoms with Gasteiger partial charge in [-0.15, -0.1) is 0 Å². The SMILES string of the molecule is C=C(N/C(N)=C/C=C\N)N1CCCN(C)c2ccc(C3CCCC(C(C)(F)F)C3)nc21. The van der Waals surface area contributed by atoms with Crippen LogP contribution >= 0.6 is 0 Å². The second-order valence-corrected chi connectivity index (χ2v) is 8.60. The molecule has 0 radical (unpaired) electrons. The molecule has 0 aromatic carbocycles. The van der Waals surface area contributed by atoms with Crippen LogP contribution in [0.1, 0.15) is 50.6 Å². The van der Waals surface area contributed by atoms with Crippen LogP contribution in [0.25, 0.3) is 0 Å². The first-order chi connectivity index (χ1) is 14.7. The van der Waals surface area contributed by atoms with E-state index in [0.717, 1.165) is 56.5 Å². The maximum absolute atomic E-state index is 14.0. The summed E-state index contributed by atoms with van der Waals surface area (Å²) in [5.41, 5.74) is 13.2. The highest BCUT2D eigenvalue weighted by Gasteiger charge is 2.38. The van der Waals surface area contributed by atoms with Crippen molar-refractivity contribution in [2.24, 2.45) is 17.4 Å². The summed E-state index contributed by atoms with van der Waals surface area (Å²) in [4.78, 5) is 9.16. The van der Waals surface area contributed by atoms with Gasteiger partial charge >= 0.3 is 0 Å². The molecular formula is C23H34F2N6. The van der Waals surface area contributed by atoms with Gasteiger partial charge in [0.1, 0.15) is 11.6 Å². The van der Waals surface area contributed by atoms with E-state index < -0.39 is 11.8 Å². The summed E-state index contributed by atoms with van der Waals surface area (Å²) >= 11 is 0. The lowest BCUT2D eigenvalue weighted by Gasteiger charge is -2.33. The van der Waals surface area contributed by atoms with Gasteiger partial charge in [0.15, 0.2) is 5.82 Å². The number of hydrogen-bond donors (Lipinski definition) is 3. The molecule has 1 saturated carbocycles. The molecule has 0 saturated heterocycles. The molecule has 1 aromatic heterocycles. The summed E-state index contributed by atoms with van der Waals surface area (Å²) in [5, 5.41) is 3.10. The van der Waals surface area contributed by atoms with Crippen LogP contribution in [0.4, 0.5) is 20.3 Å². The van der Waals surface area contributed by atoms with E-state index in [1.807, 2.05) is 24.1 Å². The monoisotopic (exact) mass is 432 g/mol. The summed E-state index contributed by atoms with van der Waals surface area (Å²) in [6, 6.07) is 4.05. The van der Waals surface area contributed by atoms with Crippen molar-refractivity contribution in [3.05, 3.63) is 54.4 Å². The molecule has 1 aliphatic carbocycles. The van der Waals surface area contributed by atoms with Gasteiger partial charge in [-0.05, 0) is 63.1 Å². The minimum absolute atomic E-state index is 0.0335. The van der Waals surface area contributed by atoms with Crippen molar-refractivity contribution in [1.29, 1.82) is 0 Å². The highest BCUT2D eigenvalue weighted by atomic mass is 19.3. The summed E-state index contributed by atoms with van der Waals surface area (Å²) in [6.07, 6.45) is 8.34. The van der Waals surface area contributed by atoms with E-state index in [9.17, 15) is 8.78 Å². The van der Waals surface area contributed by atoms with Crippen LogP contribution in [0.2, 0.25) is 0 Å². The molecule has 8 heteroatoms. The average Bonchev–Trinajstić information content (AvgIpc) is 2.90. The lowest BCUT2D eigenvalue weighted by molar-refractivity contribution is -0.0560.